The third-order valence-corrected chi connectivity index (χ3v) is 4.37. The molecule has 0 fully saturated rings. The minimum absolute atomic E-state index is 0.0704. The number of fused-ring (bicyclic) bond motifs is 1. The van der Waals surface area contributed by atoms with E-state index in [1.807, 2.05) is 42.6 Å². The number of para-hydroxylation sites is 1. The molecule has 0 aliphatic heterocycles. The van der Waals surface area contributed by atoms with Gasteiger partial charge in [-0.15, -0.1) is 0 Å². The highest BCUT2D eigenvalue weighted by molar-refractivity contribution is 14.1. The Hall–Kier alpha value is -1.82. The molecule has 0 bridgehead atoms. The zero-order valence-electron chi connectivity index (χ0n) is 12.1. The monoisotopic (exact) mass is 404 g/mol. The predicted molar refractivity (Wildman–Crippen MR) is 99.0 cm³/mol. The second-order valence-electron chi connectivity index (χ2n) is 5.27. The summed E-state index contributed by atoms with van der Waals surface area (Å²) in [6.07, 6.45) is 4.33. The quantitative estimate of drug-likeness (QED) is 0.594. The second kappa shape index (κ2) is 6.96. The van der Waals surface area contributed by atoms with Crippen molar-refractivity contribution in [2.24, 2.45) is 0 Å². The number of aryl methyl sites for hydroxylation is 1. The van der Waals surface area contributed by atoms with Crippen molar-refractivity contribution in [1.82, 2.24) is 4.98 Å². The van der Waals surface area contributed by atoms with Crippen LogP contribution in [0.5, 0.6) is 0 Å². The predicted octanol–water partition coefficient (Wildman–Crippen LogP) is 4.73. The highest BCUT2D eigenvalue weighted by atomic mass is 127. The SMILES string of the molecule is O=C(CCCc1c[nH]c2ccccc12)Nc1ccc(I)cc1. The molecule has 0 radical (unpaired) electrons. The number of carbonyl (C=O) groups is 1. The van der Waals surface area contributed by atoms with Gasteiger partial charge in [-0.2, -0.15) is 0 Å². The summed E-state index contributed by atoms with van der Waals surface area (Å²) in [7, 11) is 0. The minimum Gasteiger partial charge on any atom is -0.361 e. The summed E-state index contributed by atoms with van der Waals surface area (Å²) in [6.45, 7) is 0. The minimum atomic E-state index is 0.0704. The van der Waals surface area contributed by atoms with Crippen LogP contribution < -0.4 is 5.32 Å². The van der Waals surface area contributed by atoms with E-state index in [1.165, 1.54) is 10.9 Å². The van der Waals surface area contributed by atoms with E-state index in [4.69, 9.17) is 0 Å². The number of hydrogen-bond donors (Lipinski definition) is 2. The molecular formula is C18H17IN2O. The van der Waals surface area contributed by atoms with E-state index in [-0.39, 0.29) is 5.91 Å². The average molecular weight is 404 g/mol. The Labute approximate surface area is 143 Å². The molecule has 3 nitrogen and oxygen atoms in total. The molecule has 1 aromatic heterocycles. The molecule has 1 amide bonds. The summed E-state index contributed by atoms with van der Waals surface area (Å²) < 4.78 is 1.16. The number of amides is 1. The van der Waals surface area contributed by atoms with E-state index in [0.717, 1.165) is 27.6 Å². The normalized spacial score (nSPS) is 10.8. The fourth-order valence-corrected chi connectivity index (χ4v) is 2.89. The fraction of sp³-hybridized carbons (Fsp3) is 0.167. The van der Waals surface area contributed by atoms with Gasteiger partial charge >= 0.3 is 0 Å². The lowest BCUT2D eigenvalue weighted by molar-refractivity contribution is -0.116. The van der Waals surface area contributed by atoms with E-state index in [9.17, 15) is 4.79 Å². The maximum Gasteiger partial charge on any atom is 0.224 e. The molecule has 0 aliphatic rings. The van der Waals surface area contributed by atoms with Crippen molar-refractivity contribution >= 4 is 45.1 Å². The first-order valence-electron chi connectivity index (χ1n) is 7.33. The van der Waals surface area contributed by atoms with Crippen LogP contribution in [0.4, 0.5) is 5.69 Å². The number of rotatable bonds is 5. The molecule has 0 saturated heterocycles. The first-order valence-corrected chi connectivity index (χ1v) is 8.41. The lowest BCUT2D eigenvalue weighted by atomic mass is 10.1. The van der Waals surface area contributed by atoms with E-state index in [0.29, 0.717) is 6.42 Å². The molecule has 2 aromatic carbocycles. The fourth-order valence-electron chi connectivity index (χ4n) is 2.53. The van der Waals surface area contributed by atoms with Crippen molar-refractivity contribution in [2.45, 2.75) is 19.3 Å². The summed E-state index contributed by atoms with van der Waals surface area (Å²) >= 11 is 2.25. The molecule has 0 saturated carbocycles. The molecular weight excluding hydrogens is 387 g/mol. The van der Waals surface area contributed by atoms with Gasteiger partial charge in [-0.1, -0.05) is 18.2 Å². The summed E-state index contributed by atoms with van der Waals surface area (Å²) in [5.74, 6) is 0.0704. The first-order chi connectivity index (χ1) is 10.7. The molecule has 0 unspecified atom stereocenters. The Morgan fingerprint density at radius 3 is 2.68 bits per heavy atom. The number of H-pyrrole nitrogens is 1. The van der Waals surface area contributed by atoms with Crippen LogP contribution in [0.3, 0.4) is 0 Å². The van der Waals surface area contributed by atoms with Gasteiger partial charge in [0.25, 0.3) is 0 Å². The standard InChI is InChI=1S/C18H17IN2O/c19-14-8-10-15(11-9-14)21-18(22)7-3-4-13-12-20-17-6-2-1-5-16(13)17/h1-2,5-6,8-12,20H,3-4,7H2,(H,21,22). The van der Waals surface area contributed by atoms with E-state index < -0.39 is 0 Å². The molecule has 1 heterocycles. The average Bonchev–Trinajstić information content (AvgIpc) is 2.93. The molecule has 3 aromatic rings. The number of benzene rings is 2. The molecule has 112 valence electrons. The van der Waals surface area contributed by atoms with Crippen LogP contribution in [0.1, 0.15) is 18.4 Å². The van der Waals surface area contributed by atoms with Crippen molar-refractivity contribution in [3.8, 4) is 0 Å². The number of aromatic nitrogens is 1. The van der Waals surface area contributed by atoms with Gasteiger partial charge in [0.05, 0.1) is 0 Å². The largest absolute Gasteiger partial charge is 0.361 e. The van der Waals surface area contributed by atoms with Crippen molar-refractivity contribution in [3.05, 3.63) is 63.9 Å². The highest BCUT2D eigenvalue weighted by Crippen LogP contribution is 2.19. The molecule has 2 N–H and O–H groups in total. The Morgan fingerprint density at radius 1 is 1.09 bits per heavy atom. The van der Waals surface area contributed by atoms with Crippen LogP contribution in [0.25, 0.3) is 10.9 Å². The van der Waals surface area contributed by atoms with Crippen LogP contribution in [0, 0.1) is 3.57 Å². The topological polar surface area (TPSA) is 44.9 Å². The molecule has 4 heteroatoms. The Kier molecular flexibility index (Phi) is 4.77. The number of aromatic amines is 1. The Balaban J connectivity index is 1.52. The third kappa shape index (κ3) is 3.68. The molecule has 22 heavy (non-hydrogen) atoms. The van der Waals surface area contributed by atoms with Crippen molar-refractivity contribution in [1.29, 1.82) is 0 Å². The number of hydrogen-bond acceptors (Lipinski definition) is 1. The second-order valence-corrected chi connectivity index (χ2v) is 6.51. The zero-order valence-corrected chi connectivity index (χ0v) is 14.3. The highest BCUT2D eigenvalue weighted by Gasteiger charge is 2.06. The van der Waals surface area contributed by atoms with Crippen LogP contribution in [0.15, 0.2) is 54.7 Å². The zero-order chi connectivity index (χ0) is 15.4. The van der Waals surface area contributed by atoms with Gasteiger partial charge in [0, 0.05) is 32.8 Å². The molecule has 0 atom stereocenters. The number of anilines is 1. The van der Waals surface area contributed by atoms with E-state index in [2.05, 4.69) is 45.0 Å². The van der Waals surface area contributed by atoms with E-state index >= 15 is 0 Å². The van der Waals surface area contributed by atoms with Gasteiger partial charge in [0.1, 0.15) is 0 Å². The Bertz CT molecular complexity index is 777. The maximum absolute atomic E-state index is 12.0. The molecule has 0 spiro atoms. The number of halogens is 1. The van der Waals surface area contributed by atoms with Crippen molar-refractivity contribution in [3.63, 3.8) is 0 Å². The lowest BCUT2D eigenvalue weighted by Gasteiger charge is -2.05. The van der Waals surface area contributed by atoms with Gasteiger partial charge in [0.15, 0.2) is 0 Å². The van der Waals surface area contributed by atoms with Crippen LogP contribution in [0.2, 0.25) is 0 Å². The van der Waals surface area contributed by atoms with Gasteiger partial charge in [-0.3, -0.25) is 4.79 Å². The van der Waals surface area contributed by atoms with Gasteiger partial charge in [-0.05, 0) is 71.3 Å². The number of carbonyl (C=O) groups excluding carboxylic acids is 1. The van der Waals surface area contributed by atoms with Crippen LogP contribution in [-0.2, 0) is 11.2 Å². The molecule has 0 aliphatic carbocycles. The smallest absolute Gasteiger partial charge is 0.224 e. The van der Waals surface area contributed by atoms with Gasteiger partial charge in [0.2, 0.25) is 5.91 Å². The maximum atomic E-state index is 12.0. The van der Waals surface area contributed by atoms with E-state index in [1.54, 1.807) is 0 Å². The van der Waals surface area contributed by atoms with Gasteiger partial charge in [-0.25, -0.2) is 0 Å². The summed E-state index contributed by atoms with van der Waals surface area (Å²) in [5, 5.41) is 4.19. The summed E-state index contributed by atoms with van der Waals surface area (Å²) in [6, 6.07) is 16.1. The molecule has 3 rings (SSSR count). The van der Waals surface area contributed by atoms with Crippen molar-refractivity contribution in [2.75, 3.05) is 5.32 Å². The number of nitrogens with one attached hydrogen (secondary N) is 2. The van der Waals surface area contributed by atoms with Crippen molar-refractivity contribution < 1.29 is 4.79 Å². The lowest BCUT2D eigenvalue weighted by Crippen LogP contribution is -2.11. The van der Waals surface area contributed by atoms with Crippen LogP contribution >= 0.6 is 22.6 Å². The van der Waals surface area contributed by atoms with Gasteiger partial charge < -0.3 is 10.3 Å². The first kappa shape index (κ1) is 15.1. The summed E-state index contributed by atoms with van der Waals surface area (Å²) in [5.41, 5.74) is 3.29. The summed E-state index contributed by atoms with van der Waals surface area (Å²) in [4.78, 5) is 15.2. The Morgan fingerprint density at radius 2 is 1.86 bits per heavy atom. The van der Waals surface area contributed by atoms with Crippen LogP contribution in [-0.4, -0.2) is 10.9 Å². The third-order valence-electron chi connectivity index (χ3n) is 3.65.